The van der Waals surface area contributed by atoms with Gasteiger partial charge in [0.1, 0.15) is 12.1 Å². The number of aromatic nitrogens is 3. The summed E-state index contributed by atoms with van der Waals surface area (Å²) in [4.78, 5) is 62.8. The summed E-state index contributed by atoms with van der Waals surface area (Å²) in [6.45, 7) is 0.635. The van der Waals surface area contributed by atoms with Crippen LogP contribution >= 0.6 is 0 Å². The summed E-state index contributed by atoms with van der Waals surface area (Å²) in [6.07, 6.45) is -0.107. The van der Waals surface area contributed by atoms with Gasteiger partial charge in [0.2, 0.25) is 11.8 Å². The highest BCUT2D eigenvalue weighted by Gasteiger charge is 2.35. The Morgan fingerprint density at radius 1 is 0.775 bits per heavy atom. The van der Waals surface area contributed by atoms with Crippen LogP contribution in [-0.2, 0) is 9.59 Å². The molecule has 5 N–H and O–H groups in total. The number of carboxylic acid groups (broad SMARTS) is 2. The number of carbonyl (C=O) groups excluding carboxylic acids is 2. The lowest BCUT2D eigenvalue weighted by Gasteiger charge is -2.20. The lowest BCUT2D eigenvalue weighted by Crippen LogP contribution is -2.42. The van der Waals surface area contributed by atoms with Crippen molar-refractivity contribution in [3.8, 4) is 17.1 Å². The highest BCUT2D eigenvalue weighted by molar-refractivity contribution is 5.97. The molecule has 0 bridgehead atoms. The Kier molecular flexibility index (Phi) is 7.23. The molecule has 4 amide bonds. The van der Waals surface area contributed by atoms with E-state index in [0.717, 1.165) is 9.80 Å². The SMILES string of the molecule is O=C(Nc1ccc(-c2n[nH]c(=O)n2-c2ccc(NC(=O)[C@@H]3CCCN3C(=O)O)cc2)cc1)[C@@H]1CCCN1C(=O)O. The number of H-pyrrole nitrogens is 1. The molecule has 208 valence electrons. The molecule has 0 spiro atoms. The Balaban J connectivity index is 1.28. The average Bonchev–Trinajstić information content (AvgIpc) is 3.69. The number of amides is 4. The van der Waals surface area contributed by atoms with Gasteiger partial charge >= 0.3 is 17.9 Å². The van der Waals surface area contributed by atoms with Crippen molar-refractivity contribution in [2.45, 2.75) is 37.8 Å². The molecule has 3 aromatic rings. The van der Waals surface area contributed by atoms with Gasteiger partial charge in [0.15, 0.2) is 5.82 Å². The average molecular weight is 550 g/mol. The number of nitrogens with one attached hydrogen (secondary N) is 3. The fourth-order valence-corrected chi connectivity index (χ4v) is 5.11. The normalized spacial score (nSPS) is 18.5. The zero-order valence-electron chi connectivity index (χ0n) is 21.2. The molecular weight excluding hydrogens is 522 g/mol. The monoisotopic (exact) mass is 549 g/mol. The van der Waals surface area contributed by atoms with E-state index in [9.17, 15) is 34.2 Å². The third-order valence-electron chi connectivity index (χ3n) is 7.08. The molecule has 0 aliphatic carbocycles. The van der Waals surface area contributed by atoms with Crippen molar-refractivity contribution in [2.75, 3.05) is 23.7 Å². The van der Waals surface area contributed by atoms with E-state index in [2.05, 4.69) is 20.8 Å². The van der Waals surface area contributed by atoms with Crippen molar-refractivity contribution >= 4 is 35.4 Å². The maximum Gasteiger partial charge on any atom is 0.407 e. The van der Waals surface area contributed by atoms with E-state index in [4.69, 9.17) is 0 Å². The van der Waals surface area contributed by atoms with Crippen molar-refractivity contribution in [2.24, 2.45) is 0 Å². The van der Waals surface area contributed by atoms with Crippen molar-refractivity contribution in [1.29, 1.82) is 0 Å². The number of likely N-dealkylation sites (tertiary alicyclic amines) is 2. The molecule has 2 saturated heterocycles. The van der Waals surface area contributed by atoms with Gasteiger partial charge in [-0.05, 0) is 74.2 Å². The molecular formula is C26H27N7O7. The lowest BCUT2D eigenvalue weighted by atomic mass is 10.1. The van der Waals surface area contributed by atoms with Gasteiger partial charge in [0, 0.05) is 30.0 Å². The number of hydrogen-bond donors (Lipinski definition) is 5. The molecule has 14 nitrogen and oxygen atoms in total. The zero-order chi connectivity index (χ0) is 28.4. The van der Waals surface area contributed by atoms with Gasteiger partial charge in [0.05, 0.1) is 5.69 Å². The molecule has 40 heavy (non-hydrogen) atoms. The van der Waals surface area contributed by atoms with E-state index in [-0.39, 0.29) is 0 Å². The quantitative estimate of drug-likeness (QED) is 0.310. The third kappa shape index (κ3) is 5.23. The lowest BCUT2D eigenvalue weighted by molar-refractivity contribution is -0.120. The molecule has 3 heterocycles. The van der Waals surface area contributed by atoms with Crippen LogP contribution in [0.2, 0.25) is 0 Å². The van der Waals surface area contributed by atoms with Gasteiger partial charge < -0.3 is 20.8 Å². The minimum absolute atomic E-state index is 0.315. The van der Waals surface area contributed by atoms with Crippen LogP contribution < -0.4 is 16.3 Å². The molecule has 5 rings (SSSR count). The number of carbonyl (C=O) groups is 4. The molecule has 0 unspecified atom stereocenters. The minimum atomic E-state index is -1.13. The van der Waals surface area contributed by atoms with Crippen LogP contribution in [0.3, 0.4) is 0 Å². The second-order valence-electron chi connectivity index (χ2n) is 9.56. The Labute approximate surface area is 227 Å². The highest BCUT2D eigenvalue weighted by Crippen LogP contribution is 2.24. The van der Waals surface area contributed by atoms with Crippen LogP contribution in [-0.4, -0.2) is 84.0 Å². The Hall–Kier alpha value is -5.14. The second kappa shape index (κ2) is 10.9. The van der Waals surface area contributed by atoms with Crippen LogP contribution in [0.15, 0.2) is 53.3 Å². The van der Waals surface area contributed by atoms with Gasteiger partial charge in [-0.1, -0.05) is 0 Å². The Morgan fingerprint density at radius 3 is 1.73 bits per heavy atom. The summed E-state index contributed by atoms with van der Waals surface area (Å²) in [5.41, 5.74) is 1.50. The summed E-state index contributed by atoms with van der Waals surface area (Å²) in [7, 11) is 0. The Morgan fingerprint density at radius 2 is 1.25 bits per heavy atom. The summed E-state index contributed by atoms with van der Waals surface area (Å²) in [5.74, 6) is -0.500. The van der Waals surface area contributed by atoms with Gasteiger partial charge in [-0.3, -0.25) is 19.4 Å². The van der Waals surface area contributed by atoms with Gasteiger partial charge in [0.25, 0.3) is 0 Å². The minimum Gasteiger partial charge on any atom is -0.465 e. The van der Waals surface area contributed by atoms with Crippen molar-refractivity contribution in [3.63, 3.8) is 0 Å². The number of aromatic amines is 1. The molecule has 2 aliphatic heterocycles. The van der Waals surface area contributed by atoms with Crippen LogP contribution in [0.5, 0.6) is 0 Å². The third-order valence-corrected chi connectivity index (χ3v) is 7.08. The van der Waals surface area contributed by atoms with Crippen LogP contribution in [0.25, 0.3) is 17.1 Å². The number of hydrogen-bond acceptors (Lipinski definition) is 6. The zero-order valence-corrected chi connectivity index (χ0v) is 21.2. The number of anilines is 2. The topological polar surface area (TPSA) is 190 Å². The van der Waals surface area contributed by atoms with E-state index in [1.165, 1.54) is 4.57 Å². The predicted molar refractivity (Wildman–Crippen MR) is 142 cm³/mol. The smallest absolute Gasteiger partial charge is 0.407 e. The van der Waals surface area contributed by atoms with Crippen molar-refractivity contribution in [3.05, 3.63) is 59.0 Å². The van der Waals surface area contributed by atoms with Crippen molar-refractivity contribution in [1.82, 2.24) is 24.6 Å². The molecule has 1 aromatic heterocycles. The number of benzene rings is 2. The molecule has 0 radical (unpaired) electrons. The summed E-state index contributed by atoms with van der Waals surface area (Å²) >= 11 is 0. The standard InChI is InChI=1S/C26H27N7O7/c34-22(19-3-1-13-31(19)25(37)38)27-16-7-5-15(6-8-16)21-29-30-24(36)33(21)18-11-9-17(10-12-18)28-23(35)20-4-2-14-32(20)26(39)40/h5-12,19-20H,1-4,13-14H2,(H,27,34)(H,28,35)(H,30,36)(H,37,38)(H,39,40)/t19-,20-/m0/s1. The van der Waals surface area contributed by atoms with Crippen LogP contribution in [0.4, 0.5) is 21.0 Å². The molecule has 14 heteroatoms. The van der Waals surface area contributed by atoms with E-state index in [1.807, 2.05) is 0 Å². The number of rotatable bonds is 6. The van der Waals surface area contributed by atoms with Crippen LogP contribution in [0, 0.1) is 0 Å². The Bertz CT molecular complexity index is 1500. The van der Waals surface area contributed by atoms with Crippen molar-refractivity contribution < 1.29 is 29.4 Å². The van der Waals surface area contributed by atoms with E-state index in [1.54, 1.807) is 48.5 Å². The molecule has 2 fully saturated rings. The van der Waals surface area contributed by atoms with Gasteiger partial charge in [-0.15, -0.1) is 0 Å². The van der Waals surface area contributed by atoms with E-state index in [0.29, 0.717) is 67.2 Å². The first-order valence-electron chi connectivity index (χ1n) is 12.7. The van der Waals surface area contributed by atoms with E-state index >= 15 is 0 Å². The molecule has 2 aliphatic rings. The predicted octanol–water partition coefficient (Wildman–Crippen LogP) is 2.39. The number of nitrogens with zero attached hydrogens (tertiary/aromatic N) is 4. The van der Waals surface area contributed by atoms with Gasteiger partial charge in [-0.25, -0.2) is 24.0 Å². The maximum absolute atomic E-state index is 12.6. The molecule has 2 aromatic carbocycles. The van der Waals surface area contributed by atoms with Crippen LogP contribution in [0.1, 0.15) is 25.7 Å². The first kappa shape index (κ1) is 26.5. The fraction of sp³-hybridized carbons (Fsp3) is 0.308. The summed E-state index contributed by atoms with van der Waals surface area (Å²) in [5, 5.41) is 30.6. The largest absolute Gasteiger partial charge is 0.465 e. The molecule has 2 atom stereocenters. The summed E-state index contributed by atoms with van der Waals surface area (Å²) in [6, 6.07) is 11.6. The highest BCUT2D eigenvalue weighted by atomic mass is 16.4. The second-order valence-corrected chi connectivity index (χ2v) is 9.56. The first-order chi connectivity index (χ1) is 19.2. The van der Waals surface area contributed by atoms with Gasteiger partial charge in [-0.2, -0.15) is 5.10 Å². The fourth-order valence-electron chi connectivity index (χ4n) is 5.11. The maximum atomic E-state index is 12.6. The summed E-state index contributed by atoms with van der Waals surface area (Å²) < 4.78 is 1.35. The molecule has 0 saturated carbocycles. The first-order valence-corrected chi connectivity index (χ1v) is 12.7. The van der Waals surface area contributed by atoms with E-state index < -0.39 is 41.8 Å².